The number of aromatic nitrogens is 2. The molecule has 3 aromatic rings. The quantitative estimate of drug-likeness (QED) is 0.233. The molecule has 0 aliphatic rings. The Morgan fingerprint density at radius 3 is 2.48 bits per heavy atom. The molecule has 0 amide bonds. The molecule has 0 atom stereocenters. The summed E-state index contributed by atoms with van der Waals surface area (Å²) < 4.78 is 43.4. The van der Waals surface area contributed by atoms with Gasteiger partial charge in [0.15, 0.2) is 18.1 Å². The number of halogens is 3. The number of hydrogen-bond acceptors (Lipinski definition) is 7. The summed E-state index contributed by atoms with van der Waals surface area (Å²) in [7, 11) is 0. The number of oxazole rings is 1. The maximum atomic E-state index is 12.8. The van der Waals surface area contributed by atoms with Crippen LogP contribution in [0.3, 0.4) is 0 Å². The van der Waals surface area contributed by atoms with Crippen molar-refractivity contribution in [3.8, 4) is 34.2 Å². The molecule has 140 valence electrons. The predicted octanol–water partition coefficient (Wildman–Crippen LogP) is 2.98. The van der Waals surface area contributed by atoms with E-state index in [0.29, 0.717) is 12.3 Å². The second-order valence-corrected chi connectivity index (χ2v) is 5.33. The molecular formula is C15H8F3N3O6. The fourth-order valence-corrected chi connectivity index (χ4v) is 2.26. The number of nitro benzene ring substituents is 1. The van der Waals surface area contributed by atoms with Crippen LogP contribution in [0.25, 0.3) is 22.7 Å². The molecule has 0 aliphatic heterocycles. The third kappa shape index (κ3) is 3.44. The number of nitrogens with zero attached hydrogens (tertiary/aromatic N) is 3. The number of hydrogen-bond donors (Lipinski definition) is 2. The van der Waals surface area contributed by atoms with E-state index in [1.54, 1.807) is 0 Å². The maximum Gasteiger partial charge on any atom is 0.422 e. The molecule has 0 aliphatic carbocycles. The molecule has 27 heavy (non-hydrogen) atoms. The summed E-state index contributed by atoms with van der Waals surface area (Å²) >= 11 is 0. The molecule has 0 fully saturated rings. The van der Waals surface area contributed by atoms with E-state index in [2.05, 4.69) is 4.98 Å². The van der Waals surface area contributed by atoms with Crippen LogP contribution in [0.4, 0.5) is 18.9 Å². The highest BCUT2D eigenvalue weighted by atomic mass is 19.4. The summed E-state index contributed by atoms with van der Waals surface area (Å²) in [5, 5.41) is 41.4. The average Bonchev–Trinajstić information content (AvgIpc) is 3.05. The lowest BCUT2D eigenvalue weighted by atomic mass is 10.1. The zero-order valence-electron chi connectivity index (χ0n) is 13.0. The number of nitro groups is 1. The molecule has 2 aromatic heterocycles. The van der Waals surface area contributed by atoms with Gasteiger partial charge in [0.25, 0.3) is 0 Å². The topological polar surface area (TPSA) is 137 Å². The van der Waals surface area contributed by atoms with E-state index in [0.717, 1.165) is 24.6 Å². The minimum atomic E-state index is -4.76. The van der Waals surface area contributed by atoms with Gasteiger partial charge in [-0.15, -0.1) is 0 Å². The van der Waals surface area contributed by atoms with Crippen LogP contribution in [-0.2, 0) is 6.18 Å². The van der Waals surface area contributed by atoms with Crippen molar-refractivity contribution in [3.05, 3.63) is 57.7 Å². The van der Waals surface area contributed by atoms with Crippen molar-refractivity contribution >= 4 is 5.69 Å². The first-order chi connectivity index (χ1) is 12.6. The third-order valence-electron chi connectivity index (χ3n) is 3.48. The van der Waals surface area contributed by atoms with Crippen molar-refractivity contribution in [2.75, 3.05) is 0 Å². The number of alkyl halides is 3. The van der Waals surface area contributed by atoms with Gasteiger partial charge in [-0.1, -0.05) is 0 Å². The van der Waals surface area contributed by atoms with Gasteiger partial charge < -0.3 is 19.8 Å². The normalized spacial score (nSPS) is 11.5. The fourth-order valence-electron chi connectivity index (χ4n) is 2.26. The van der Waals surface area contributed by atoms with E-state index in [1.165, 1.54) is 0 Å². The van der Waals surface area contributed by atoms with E-state index < -0.39 is 33.8 Å². The molecule has 1 aromatic carbocycles. The van der Waals surface area contributed by atoms with Gasteiger partial charge in [0.2, 0.25) is 11.6 Å². The Morgan fingerprint density at radius 2 is 1.85 bits per heavy atom. The summed E-state index contributed by atoms with van der Waals surface area (Å²) in [6.07, 6.45) is -2.64. The Balaban J connectivity index is 2.06. The van der Waals surface area contributed by atoms with Crippen molar-refractivity contribution in [2.45, 2.75) is 6.18 Å². The lowest BCUT2D eigenvalue weighted by Crippen LogP contribution is -2.27. The van der Waals surface area contributed by atoms with Gasteiger partial charge >= 0.3 is 11.9 Å². The second kappa shape index (κ2) is 6.16. The number of pyridine rings is 1. The number of benzene rings is 1. The highest BCUT2D eigenvalue weighted by Crippen LogP contribution is 2.39. The number of rotatable bonds is 3. The Bertz CT molecular complexity index is 1050. The second-order valence-electron chi connectivity index (χ2n) is 5.33. The van der Waals surface area contributed by atoms with Crippen LogP contribution in [0.15, 0.2) is 41.3 Å². The molecule has 0 radical (unpaired) electrons. The van der Waals surface area contributed by atoms with Crippen molar-refractivity contribution in [1.29, 1.82) is 0 Å². The van der Waals surface area contributed by atoms with Crippen molar-refractivity contribution < 1.29 is 37.5 Å². The zero-order chi connectivity index (χ0) is 19.9. The van der Waals surface area contributed by atoms with Gasteiger partial charge in [-0.25, -0.2) is 4.98 Å². The SMILES string of the molecule is O=[N+]([O-])c1cc(-c2coc(-c3cc(C(F)(F)F)c[n+]([O-])c3)n2)cc(O)c1O. The minimum absolute atomic E-state index is 0.0334. The van der Waals surface area contributed by atoms with E-state index in [4.69, 9.17) is 4.42 Å². The van der Waals surface area contributed by atoms with Crippen LogP contribution in [0.2, 0.25) is 0 Å². The first kappa shape index (κ1) is 18.0. The van der Waals surface area contributed by atoms with Gasteiger partial charge in [-0.05, 0) is 12.1 Å². The number of phenols is 2. The van der Waals surface area contributed by atoms with Crippen LogP contribution >= 0.6 is 0 Å². The highest BCUT2D eigenvalue weighted by Gasteiger charge is 2.34. The standard InChI is InChI=1S/C15H8F3N3O6/c16-15(17,18)9-1-8(4-20(24)5-9)14-19-10(6-27-14)7-2-11(21(25)26)13(23)12(22)3-7/h1-6,22-23H. The minimum Gasteiger partial charge on any atom is -0.619 e. The van der Waals surface area contributed by atoms with Gasteiger partial charge in [0.1, 0.15) is 23.1 Å². The van der Waals surface area contributed by atoms with E-state index in [9.17, 15) is 38.7 Å². The Hall–Kier alpha value is -3.83. The van der Waals surface area contributed by atoms with E-state index in [1.807, 2.05) is 0 Å². The van der Waals surface area contributed by atoms with Gasteiger partial charge in [-0.2, -0.15) is 17.9 Å². The Kier molecular flexibility index (Phi) is 4.10. The molecule has 0 spiro atoms. The molecule has 9 nitrogen and oxygen atoms in total. The Labute approximate surface area is 147 Å². The highest BCUT2D eigenvalue weighted by molar-refractivity contribution is 5.71. The Morgan fingerprint density at radius 1 is 1.15 bits per heavy atom. The molecular weight excluding hydrogens is 375 g/mol. The fraction of sp³-hybridized carbons (Fsp3) is 0.0667. The average molecular weight is 383 g/mol. The van der Waals surface area contributed by atoms with Crippen molar-refractivity contribution in [2.24, 2.45) is 0 Å². The molecule has 0 saturated carbocycles. The third-order valence-corrected chi connectivity index (χ3v) is 3.48. The summed E-state index contributed by atoms with van der Waals surface area (Å²) in [5.74, 6) is -2.09. The summed E-state index contributed by atoms with van der Waals surface area (Å²) in [5.41, 5.74) is -2.39. The van der Waals surface area contributed by atoms with Gasteiger partial charge in [0.05, 0.1) is 4.92 Å². The lowest BCUT2D eigenvalue weighted by Gasteiger charge is -2.07. The summed E-state index contributed by atoms with van der Waals surface area (Å²) in [6, 6.07) is 2.52. The van der Waals surface area contributed by atoms with Gasteiger partial charge in [0, 0.05) is 11.6 Å². The first-order valence-corrected chi connectivity index (χ1v) is 7.04. The largest absolute Gasteiger partial charge is 0.619 e. The van der Waals surface area contributed by atoms with Crippen LogP contribution in [0.5, 0.6) is 11.5 Å². The zero-order valence-corrected chi connectivity index (χ0v) is 13.0. The first-order valence-electron chi connectivity index (χ1n) is 7.04. The molecule has 12 heteroatoms. The smallest absolute Gasteiger partial charge is 0.422 e. The van der Waals surface area contributed by atoms with Crippen LogP contribution in [0.1, 0.15) is 5.56 Å². The molecule has 0 unspecified atom stereocenters. The van der Waals surface area contributed by atoms with E-state index >= 15 is 0 Å². The lowest BCUT2D eigenvalue weighted by molar-refractivity contribution is -0.606. The number of aromatic hydroxyl groups is 2. The van der Waals surface area contributed by atoms with Crippen molar-refractivity contribution in [3.63, 3.8) is 0 Å². The van der Waals surface area contributed by atoms with Crippen LogP contribution < -0.4 is 4.73 Å². The summed E-state index contributed by atoms with van der Waals surface area (Å²) in [4.78, 5) is 13.8. The van der Waals surface area contributed by atoms with Crippen molar-refractivity contribution in [1.82, 2.24) is 4.98 Å². The monoisotopic (exact) mass is 383 g/mol. The predicted molar refractivity (Wildman–Crippen MR) is 81.3 cm³/mol. The molecule has 0 bridgehead atoms. The molecule has 0 saturated heterocycles. The molecule has 3 rings (SSSR count). The number of phenolic OH excluding ortho intramolecular Hbond substituents is 2. The summed E-state index contributed by atoms with van der Waals surface area (Å²) in [6.45, 7) is 0. The van der Waals surface area contributed by atoms with E-state index in [-0.39, 0.29) is 27.4 Å². The van der Waals surface area contributed by atoms with Gasteiger partial charge in [-0.3, -0.25) is 10.1 Å². The maximum absolute atomic E-state index is 12.8. The van der Waals surface area contributed by atoms with Crippen LogP contribution in [0, 0.1) is 15.3 Å². The molecule has 2 N–H and O–H groups in total. The van der Waals surface area contributed by atoms with Crippen LogP contribution in [-0.4, -0.2) is 20.1 Å². The molecule has 2 heterocycles.